The van der Waals surface area contributed by atoms with Gasteiger partial charge in [0.2, 0.25) is 0 Å². The lowest BCUT2D eigenvalue weighted by molar-refractivity contribution is -0.166. The van der Waals surface area contributed by atoms with Gasteiger partial charge in [-0.3, -0.25) is 0 Å². The third kappa shape index (κ3) is 3.81. The van der Waals surface area contributed by atoms with Crippen LogP contribution >= 0.6 is 0 Å². The molecule has 1 saturated heterocycles. The Bertz CT molecular complexity index is 912. The average molecular weight is 361 g/mol. The minimum absolute atomic E-state index is 0.101. The molecule has 3 aromatic rings. The Balaban J connectivity index is 1.49. The number of carbonyl (C=O) groups excluding carboxylic acids is 1. The molecule has 4 nitrogen and oxygen atoms in total. The van der Waals surface area contributed by atoms with Gasteiger partial charge in [-0.05, 0) is 30.1 Å². The molecule has 4 rings (SSSR count). The van der Waals surface area contributed by atoms with Gasteiger partial charge in [-0.25, -0.2) is 4.79 Å². The third-order valence-corrected chi connectivity index (χ3v) is 5.12. The van der Waals surface area contributed by atoms with Crippen molar-refractivity contribution in [2.45, 2.75) is 18.4 Å². The summed E-state index contributed by atoms with van der Waals surface area (Å²) in [5.74, 6) is 0.359. The number of hydrogen-bond donors (Lipinski definition) is 1. The van der Waals surface area contributed by atoms with Crippen LogP contribution in [0.15, 0.2) is 72.8 Å². The quantitative estimate of drug-likeness (QED) is 0.697. The molecule has 0 amide bonds. The van der Waals surface area contributed by atoms with Crippen LogP contribution < -0.4 is 10.1 Å². The summed E-state index contributed by atoms with van der Waals surface area (Å²) < 4.78 is 11.8. The highest BCUT2D eigenvalue weighted by molar-refractivity contribution is 5.88. The van der Waals surface area contributed by atoms with Gasteiger partial charge in [0, 0.05) is 18.2 Å². The van der Waals surface area contributed by atoms with Crippen LogP contribution in [0.1, 0.15) is 18.4 Å². The predicted octanol–water partition coefficient (Wildman–Crippen LogP) is 4.04. The number of piperidine rings is 1. The molecular weight excluding hydrogens is 338 g/mol. The van der Waals surface area contributed by atoms with E-state index in [0.29, 0.717) is 5.75 Å². The van der Waals surface area contributed by atoms with Crippen molar-refractivity contribution in [3.63, 3.8) is 0 Å². The van der Waals surface area contributed by atoms with Gasteiger partial charge in [0.15, 0.2) is 6.61 Å². The molecule has 0 aromatic heterocycles. The molecule has 0 bridgehead atoms. The van der Waals surface area contributed by atoms with Crippen LogP contribution in [0.5, 0.6) is 5.75 Å². The Morgan fingerprint density at radius 1 is 0.889 bits per heavy atom. The van der Waals surface area contributed by atoms with Crippen molar-refractivity contribution in [3.05, 3.63) is 78.4 Å². The van der Waals surface area contributed by atoms with Crippen molar-refractivity contribution in [1.82, 2.24) is 5.32 Å². The lowest BCUT2D eigenvalue weighted by Gasteiger charge is -2.37. The molecule has 0 atom stereocenters. The first kappa shape index (κ1) is 17.6. The number of ether oxygens (including phenoxy) is 2. The number of hydrogen-bond acceptors (Lipinski definition) is 4. The summed E-state index contributed by atoms with van der Waals surface area (Å²) in [6.07, 6.45) is 1.52. The Hall–Kier alpha value is -2.85. The molecule has 3 aromatic carbocycles. The monoisotopic (exact) mass is 361 g/mol. The van der Waals surface area contributed by atoms with Crippen LogP contribution in [0.2, 0.25) is 0 Å². The van der Waals surface area contributed by atoms with Crippen LogP contribution in [0.25, 0.3) is 10.8 Å². The Morgan fingerprint density at radius 3 is 2.41 bits per heavy atom. The van der Waals surface area contributed by atoms with E-state index in [4.69, 9.17) is 9.47 Å². The number of benzene rings is 3. The summed E-state index contributed by atoms with van der Waals surface area (Å²) in [6.45, 7) is 1.55. The Morgan fingerprint density at radius 2 is 1.59 bits per heavy atom. The lowest BCUT2D eigenvalue weighted by atomic mass is 9.85. The summed E-state index contributed by atoms with van der Waals surface area (Å²) in [7, 11) is 0. The predicted molar refractivity (Wildman–Crippen MR) is 106 cm³/mol. The molecule has 1 fully saturated rings. The molecule has 0 saturated carbocycles. The van der Waals surface area contributed by atoms with Gasteiger partial charge in [-0.1, -0.05) is 66.7 Å². The smallest absolute Gasteiger partial charge is 0.345 e. The van der Waals surface area contributed by atoms with Gasteiger partial charge in [0.25, 0.3) is 0 Å². The largest absolute Gasteiger partial charge is 0.481 e. The molecule has 1 aliphatic heterocycles. The van der Waals surface area contributed by atoms with Crippen molar-refractivity contribution in [2.75, 3.05) is 19.7 Å². The highest BCUT2D eigenvalue weighted by Crippen LogP contribution is 2.35. The fourth-order valence-electron chi connectivity index (χ4n) is 3.73. The molecule has 1 heterocycles. The number of esters is 1. The van der Waals surface area contributed by atoms with E-state index >= 15 is 0 Å². The van der Waals surface area contributed by atoms with Gasteiger partial charge in [0.05, 0.1) is 0 Å². The van der Waals surface area contributed by atoms with Gasteiger partial charge in [-0.2, -0.15) is 0 Å². The van der Waals surface area contributed by atoms with Gasteiger partial charge >= 0.3 is 5.97 Å². The average Bonchev–Trinajstić information content (AvgIpc) is 2.73. The number of fused-ring (bicyclic) bond motifs is 1. The zero-order valence-corrected chi connectivity index (χ0v) is 15.2. The summed E-state index contributed by atoms with van der Waals surface area (Å²) >= 11 is 0. The summed E-state index contributed by atoms with van der Waals surface area (Å²) in [4.78, 5) is 12.6. The first-order valence-corrected chi connectivity index (χ1v) is 9.35. The second kappa shape index (κ2) is 7.80. The van der Waals surface area contributed by atoms with Crippen LogP contribution in [0.3, 0.4) is 0 Å². The molecule has 0 spiro atoms. The summed E-state index contributed by atoms with van der Waals surface area (Å²) in [6, 6.07) is 23.8. The van der Waals surface area contributed by atoms with Crippen molar-refractivity contribution >= 4 is 16.7 Å². The van der Waals surface area contributed by atoms with Crippen LogP contribution in [-0.4, -0.2) is 25.7 Å². The Labute approximate surface area is 159 Å². The molecule has 27 heavy (non-hydrogen) atoms. The van der Waals surface area contributed by atoms with Crippen molar-refractivity contribution in [3.8, 4) is 5.75 Å². The van der Waals surface area contributed by atoms with Gasteiger partial charge < -0.3 is 14.8 Å². The van der Waals surface area contributed by atoms with Crippen molar-refractivity contribution < 1.29 is 14.3 Å². The number of rotatable bonds is 5. The van der Waals surface area contributed by atoms with E-state index in [-0.39, 0.29) is 12.6 Å². The first-order chi connectivity index (χ1) is 13.3. The zero-order valence-electron chi connectivity index (χ0n) is 15.2. The second-order valence-electron chi connectivity index (χ2n) is 6.85. The van der Waals surface area contributed by atoms with E-state index in [9.17, 15) is 4.79 Å². The van der Waals surface area contributed by atoms with E-state index in [1.807, 2.05) is 72.8 Å². The van der Waals surface area contributed by atoms with E-state index < -0.39 is 5.60 Å². The maximum absolute atomic E-state index is 12.6. The standard InChI is InChI=1S/C23H23NO3/c25-22(17-26-21-12-6-8-18-7-4-5-11-20(18)21)27-23(13-15-24-16-14-23)19-9-2-1-3-10-19/h1-12,24H,13-17H2. The first-order valence-electron chi connectivity index (χ1n) is 9.35. The third-order valence-electron chi connectivity index (χ3n) is 5.12. The van der Waals surface area contributed by atoms with Gasteiger partial charge in [0.1, 0.15) is 11.4 Å². The van der Waals surface area contributed by atoms with Crippen LogP contribution in [0.4, 0.5) is 0 Å². The molecular formula is C23H23NO3. The van der Waals surface area contributed by atoms with Crippen molar-refractivity contribution in [1.29, 1.82) is 0 Å². The highest BCUT2D eigenvalue weighted by atomic mass is 16.6. The van der Waals surface area contributed by atoms with Crippen molar-refractivity contribution in [2.24, 2.45) is 0 Å². The Kier molecular flexibility index (Phi) is 5.07. The van der Waals surface area contributed by atoms with Crippen LogP contribution in [0, 0.1) is 0 Å². The molecule has 0 aliphatic carbocycles. The normalized spacial score (nSPS) is 16.0. The SMILES string of the molecule is O=C(COc1cccc2ccccc12)OC1(c2ccccc2)CCNCC1. The minimum Gasteiger partial charge on any atom is -0.481 e. The summed E-state index contributed by atoms with van der Waals surface area (Å²) in [5, 5.41) is 5.42. The van der Waals surface area contributed by atoms with E-state index in [1.54, 1.807) is 0 Å². The molecule has 4 heteroatoms. The topological polar surface area (TPSA) is 47.6 Å². The molecule has 1 aliphatic rings. The second-order valence-corrected chi connectivity index (χ2v) is 6.85. The lowest BCUT2D eigenvalue weighted by Crippen LogP contribution is -2.43. The minimum atomic E-state index is -0.578. The maximum Gasteiger partial charge on any atom is 0.345 e. The fourth-order valence-corrected chi connectivity index (χ4v) is 3.73. The fraction of sp³-hybridized carbons (Fsp3) is 0.261. The molecule has 0 radical (unpaired) electrons. The van der Waals surface area contributed by atoms with Crippen LogP contribution in [-0.2, 0) is 15.1 Å². The highest BCUT2D eigenvalue weighted by Gasteiger charge is 2.37. The van der Waals surface area contributed by atoms with E-state index in [1.165, 1.54) is 0 Å². The maximum atomic E-state index is 12.6. The van der Waals surface area contributed by atoms with Gasteiger partial charge in [-0.15, -0.1) is 0 Å². The molecule has 138 valence electrons. The number of carbonyl (C=O) groups is 1. The molecule has 1 N–H and O–H groups in total. The zero-order chi connectivity index (χ0) is 18.5. The number of nitrogens with one attached hydrogen (secondary N) is 1. The van der Waals surface area contributed by atoms with E-state index in [0.717, 1.165) is 42.3 Å². The van der Waals surface area contributed by atoms with E-state index in [2.05, 4.69) is 5.32 Å². The molecule has 0 unspecified atom stereocenters. The summed E-state index contributed by atoms with van der Waals surface area (Å²) in [5.41, 5.74) is 0.469.